The minimum absolute atomic E-state index is 0.502. The Morgan fingerprint density at radius 3 is 2.77 bits per heavy atom. The lowest BCUT2D eigenvalue weighted by molar-refractivity contribution is 0.289. The molecule has 0 radical (unpaired) electrons. The lowest BCUT2D eigenvalue weighted by Gasteiger charge is -2.10. The van der Waals surface area contributed by atoms with Gasteiger partial charge in [0.05, 0.1) is 11.0 Å². The third-order valence-electron chi connectivity index (χ3n) is 3.83. The molecule has 0 aliphatic carbocycles. The van der Waals surface area contributed by atoms with Gasteiger partial charge in [-0.3, -0.25) is 0 Å². The molecule has 0 bridgehead atoms. The van der Waals surface area contributed by atoms with Gasteiger partial charge in [0.2, 0.25) is 0 Å². The summed E-state index contributed by atoms with van der Waals surface area (Å²) in [6.07, 6.45) is 2.32. The first-order chi connectivity index (χ1) is 10.8. The summed E-state index contributed by atoms with van der Waals surface area (Å²) in [7, 11) is 0. The van der Waals surface area contributed by atoms with Gasteiger partial charge in [-0.25, -0.2) is 4.98 Å². The van der Waals surface area contributed by atoms with Crippen molar-refractivity contribution in [3.05, 3.63) is 59.9 Å². The smallest absolute Gasteiger partial charge is 0.147 e. The maximum atomic E-state index is 5.94. The number of unbranched alkanes of at least 4 members (excludes halogenated alkanes) is 1. The zero-order valence-corrected chi connectivity index (χ0v) is 13.2. The number of hydrogen-bond acceptors (Lipinski definition) is 2. The molecule has 1 aromatic heterocycles. The Kier molecular flexibility index (Phi) is 4.42. The summed E-state index contributed by atoms with van der Waals surface area (Å²) in [6, 6.07) is 16.4. The van der Waals surface area contributed by atoms with E-state index in [2.05, 4.69) is 48.7 Å². The molecule has 3 nitrogen and oxygen atoms in total. The van der Waals surface area contributed by atoms with E-state index in [1.165, 1.54) is 17.5 Å². The van der Waals surface area contributed by atoms with Crippen LogP contribution in [0.1, 0.15) is 31.2 Å². The fourth-order valence-electron chi connectivity index (χ4n) is 2.65. The van der Waals surface area contributed by atoms with Gasteiger partial charge in [-0.15, -0.1) is 0 Å². The van der Waals surface area contributed by atoms with E-state index in [0.29, 0.717) is 6.61 Å². The Hall–Kier alpha value is -2.29. The summed E-state index contributed by atoms with van der Waals surface area (Å²) in [6.45, 7) is 5.77. The van der Waals surface area contributed by atoms with Crippen LogP contribution < -0.4 is 4.74 Å². The Labute approximate surface area is 131 Å². The molecule has 22 heavy (non-hydrogen) atoms. The molecular weight excluding hydrogens is 272 g/mol. The van der Waals surface area contributed by atoms with E-state index in [0.717, 1.165) is 30.1 Å². The number of aryl methyl sites for hydroxylation is 2. The minimum Gasteiger partial charge on any atom is -0.486 e. The van der Waals surface area contributed by atoms with Crippen LogP contribution in [0.25, 0.3) is 11.0 Å². The second kappa shape index (κ2) is 6.65. The second-order valence-corrected chi connectivity index (χ2v) is 5.63. The van der Waals surface area contributed by atoms with E-state index >= 15 is 0 Å². The van der Waals surface area contributed by atoms with E-state index in [1.54, 1.807) is 0 Å². The van der Waals surface area contributed by atoms with Gasteiger partial charge in [0.15, 0.2) is 0 Å². The SMILES string of the molecule is CCCCn1c(COc2cccc(C)c2)nc2ccccc21. The molecule has 0 unspecified atom stereocenters. The molecule has 3 aromatic rings. The van der Waals surface area contributed by atoms with E-state index in [1.807, 2.05) is 18.2 Å². The van der Waals surface area contributed by atoms with Crippen LogP contribution in [0.4, 0.5) is 0 Å². The van der Waals surface area contributed by atoms with Crippen molar-refractivity contribution in [2.75, 3.05) is 0 Å². The van der Waals surface area contributed by atoms with Crippen LogP contribution in [0.3, 0.4) is 0 Å². The highest BCUT2D eigenvalue weighted by atomic mass is 16.5. The van der Waals surface area contributed by atoms with Crippen LogP contribution >= 0.6 is 0 Å². The first kappa shape index (κ1) is 14.6. The summed E-state index contributed by atoms with van der Waals surface area (Å²) in [5.41, 5.74) is 3.44. The van der Waals surface area contributed by atoms with Gasteiger partial charge in [0.25, 0.3) is 0 Å². The highest BCUT2D eigenvalue weighted by molar-refractivity contribution is 5.75. The third kappa shape index (κ3) is 3.14. The topological polar surface area (TPSA) is 27.1 Å². The number of hydrogen-bond donors (Lipinski definition) is 0. The summed E-state index contributed by atoms with van der Waals surface area (Å²) < 4.78 is 8.23. The lowest BCUT2D eigenvalue weighted by atomic mass is 10.2. The Morgan fingerprint density at radius 2 is 1.95 bits per heavy atom. The Morgan fingerprint density at radius 1 is 1.09 bits per heavy atom. The van der Waals surface area contributed by atoms with Gasteiger partial charge in [0.1, 0.15) is 18.2 Å². The normalized spacial score (nSPS) is 11.0. The zero-order chi connectivity index (χ0) is 15.4. The highest BCUT2D eigenvalue weighted by Gasteiger charge is 2.10. The van der Waals surface area contributed by atoms with Crippen molar-refractivity contribution in [2.45, 2.75) is 39.8 Å². The van der Waals surface area contributed by atoms with Crippen LogP contribution in [0.2, 0.25) is 0 Å². The van der Waals surface area contributed by atoms with Crippen molar-refractivity contribution in [3.8, 4) is 5.75 Å². The van der Waals surface area contributed by atoms with Crippen molar-refractivity contribution in [1.29, 1.82) is 0 Å². The molecule has 0 aliphatic heterocycles. The molecule has 3 heteroatoms. The third-order valence-corrected chi connectivity index (χ3v) is 3.83. The highest BCUT2D eigenvalue weighted by Crippen LogP contribution is 2.19. The molecule has 0 atom stereocenters. The second-order valence-electron chi connectivity index (χ2n) is 5.63. The molecular formula is C19H22N2O. The summed E-state index contributed by atoms with van der Waals surface area (Å²) >= 11 is 0. The largest absolute Gasteiger partial charge is 0.486 e. The number of para-hydroxylation sites is 2. The van der Waals surface area contributed by atoms with Gasteiger partial charge in [-0.05, 0) is 43.2 Å². The van der Waals surface area contributed by atoms with E-state index in [-0.39, 0.29) is 0 Å². The van der Waals surface area contributed by atoms with Crippen molar-refractivity contribution < 1.29 is 4.74 Å². The van der Waals surface area contributed by atoms with Gasteiger partial charge < -0.3 is 9.30 Å². The average molecular weight is 294 g/mol. The number of fused-ring (bicyclic) bond motifs is 1. The van der Waals surface area contributed by atoms with Gasteiger partial charge in [-0.2, -0.15) is 0 Å². The Bertz CT molecular complexity index is 761. The molecule has 114 valence electrons. The number of benzene rings is 2. The van der Waals surface area contributed by atoms with Gasteiger partial charge in [-0.1, -0.05) is 37.6 Å². The predicted octanol–water partition coefficient (Wildman–Crippen LogP) is 4.72. The number of nitrogens with zero attached hydrogens (tertiary/aromatic N) is 2. The van der Waals surface area contributed by atoms with Crippen molar-refractivity contribution in [3.63, 3.8) is 0 Å². The molecule has 0 spiro atoms. The number of aromatic nitrogens is 2. The molecule has 1 heterocycles. The molecule has 0 aliphatic rings. The zero-order valence-electron chi connectivity index (χ0n) is 13.2. The molecule has 0 saturated carbocycles. The van der Waals surface area contributed by atoms with E-state index in [4.69, 9.17) is 9.72 Å². The molecule has 0 saturated heterocycles. The molecule has 2 aromatic carbocycles. The van der Waals surface area contributed by atoms with Gasteiger partial charge in [0, 0.05) is 6.54 Å². The molecule has 3 rings (SSSR count). The van der Waals surface area contributed by atoms with Crippen LogP contribution in [0.5, 0.6) is 5.75 Å². The standard InChI is InChI=1S/C19H22N2O/c1-3-4-12-21-18-11-6-5-10-17(18)20-19(21)14-22-16-9-7-8-15(2)13-16/h5-11,13H,3-4,12,14H2,1-2H3. The summed E-state index contributed by atoms with van der Waals surface area (Å²) in [5, 5.41) is 0. The maximum Gasteiger partial charge on any atom is 0.147 e. The van der Waals surface area contributed by atoms with E-state index < -0.39 is 0 Å². The molecule has 0 amide bonds. The number of rotatable bonds is 6. The van der Waals surface area contributed by atoms with Crippen LogP contribution in [0, 0.1) is 6.92 Å². The minimum atomic E-state index is 0.502. The Balaban J connectivity index is 1.85. The number of ether oxygens (including phenoxy) is 1. The van der Waals surface area contributed by atoms with E-state index in [9.17, 15) is 0 Å². The van der Waals surface area contributed by atoms with Crippen LogP contribution in [-0.4, -0.2) is 9.55 Å². The van der Waals surface area contributed by atoms with Crippen molar-refractivity contribution in [1.82, 2.24) is 9.55 Å². The van der Waals surface area contributed by atoms with Crippen molar-refractivity contribution >= 4 is 11.0 Å². The average Bonchev–Trinajstić information content (AvgIpc) is 2.88. The summed E-state index contributed by atoms with van der Waals surface area (Å²) in [4.78, 5) is 4.74. The number of imidazole rings is 1. The predicted molar refractivity (Wildman–Crippen MR) is 90.2 cm³/mol. The molecule has 0 fully saturated rings. The maximum absolute atomic E-state index is 5.94. The monoisotopic (exact) mass is 294 g/mol. The van der Waals surface area contributed by atoms with Crippen LogP contribution in [-0.2, 0) is 13.2 Å². The fourth-order valence-corrected chi connectivity index (χ4v) is 2.65. The van der Waals surface area contributed by atoms with Crippen molar-refractivity contribution in [2.24, 2.45) is 0 Å². The quantitative estimate of drug-likeness (QED) is 0.657. The van der Waals surface area contributed by atoms with Gasteiger partial charge >= 0.3 is 0 Å². The van der Waals surface area contributed by atoms with Crippen LogP contribution in [0.15, 0.2) is 48.5 Å². The molecule has 0 N–H and O–H groups in total. The first-order valence-corrected chi connectivity index (χ1v) is 7.91. The fraction of sp³-hybridized carbons (Fsp3) is 0.316. The first-order valence-electron chi connectivity index (χ1n) is 7.91. The summed E-state index contributed by atoms with van der Waals surface area (Å²) in [5.74, 6) is 1.89. The lowest BCUT2D eigenvalue weighted by Crippen LogP contribution is -2.07.